The van der Waals surface area contributed by atoms with Crippen molar-refractivity contribution in [3.8, 4) is 16.9 Å². The lowest BCUT2D eigenvalue weighted by Crippen LogP contribution is -2.48. The standard InChI is InChI=1S/C27H27NO3S/c1-15-6-16(10-24-25(30)28-26(31)32-24)2-4-21(15)20-3-5-23(29)22(11-20)27-12-17-7-18(13-27)9-19(8-17)14-27/h2-6,10-11,17-19,29H,7-9,12-14H2,1H3,(H,28,30,31)/b24-10-. The van der Waals surface area contributed by atoms with E-state index < -0.39 is 0 Å². The van der Waals surface area contributed by atoms with Crippen LogP contribution in [0.1, 0.15) is 55.2 Å². The number of carbonyl (C=O) groups excluding carboxylic acids is 2. The van der Waals surface area contributed by atoms with Crippen LogP contribution in [0.2, 0.25) is 0 Å². The van der Waals surface area contributed by atoms with Crippen molar-refractivity contribution in [3.63, 3.8) is 0 Å². The Balaban J connectivity index is 1.35. The van der Waals surface area contributed by atoms with E-state index in [1.165, 1.54) is 38.5 Å². The summed E-state index contributed by atoms with van der Waals surface area (Å²) in [5, 5.41) is 12.9. The molecule has 4 bridgehead atoms. The molecule has 4 nitrogen and oxygen atoms in total. The fraction of sp³-hybridized carbons (Fsp3) is 0.407. The predicted octanol–water partition coefficient (Wildman–Crippen LogP) is 6.16. The normalized spacial score (nSPS) is 32.0. The number of rotatable bonds is 3. The number of phenolic OH excluding ortho intramolecular Hbond substituents is 1. The van der Waals surface area contributed by atoms with Crippen molar-refractivity contribution in [1.82, 2.24) is 5.32 Å². The molecule has 2 aromatic carbocycles. The summed E-state index contributed by atoms with van der Waals surface area (Å²) in [5.41, 5.74) is 5.57. The van der Waals surface area contributed by atoms with Crippen LogP contribution in [0, 0.1) is 24.7 Å². The van der Waals surface area contributed by atoms with Crippen LogP contribution in [0.15, 0.2) is 41.3 Å². The molecule has 0 unspecified atom stereocenters. The molecule has 1 saturated heterocycles. The fourth-order valence-electron chi connectivity index (χ4n) is 7.24. The Morgan fingerprint density at radius 1 is 1.00 bits per heavy atom. The topological polar surface area (TPSA) is 66.4 Å². The monoisotopic (exact) mass is 445 g/mol. The number of phenols is 1. The molecule has 4 saturated carbocycles. The Kier molecular flexibility index (Phi) is 4.55. The second kappa shape index (κ2) is 7.24. The number of thioether (sulfide) groups is 1. The molecule has 164 valence electrons. The van der Waals surface area contributed by atoms with Crippen molar-refractivity contribution in [2.45, 2.75) is 50.9 Å². The lowest BCUT2D eigenvalue weighted by atomic mass is 9.48. The number of aryl methyl sites for hydroxylation is 1. The van der Waals surface area contributed by atoms with Crippen molar-refractivity contribution in [2.24, 2.45) is 17.8 Å². The van der Waals surface area contributed by atoms with E-state index in [1.54, 1.807) is 6.08 Å². The van der Waals surface area contributed by atoms with Gasteiger partial charge < -0.3 is 5.11 Å². The van der Waals surface area contributed by atoms with Gasteiger partial charge in [-0.2, -0.15) is 0 Å². The number of amides is 2. The van der Waals surface area contributed by atoms with E-state index in [0.29, 0.717) is 10.7 Å². The Hall–Kier alpha value is -2.53. The van der Waals surface area contributed by atoms with Crippen LogP contribution >= 0.6 is 11.8 Å². The number of imide groups is 1. The molecule has 0 radical (unpaired) electrons. The SMILES string of the molecule is Cc1cc(/C=C2\SC(=O)NC2=O)ccc1-c1ccc(O)c(C23CC4CC(CC(C4)C2)C3)c1. The second-order valence-corrected chi connectivity index (χ2v) is 11.4. The van der Waals surface area contributed by atoms with Gasteiger partial charge in [0.2, 0.25) is 0 Å². The molecule has 5 aliphatic rings. The first-order valence-electron chi connectivity index (χ1n) is 11.6. The highest BCUT2D eigenvalue weighted by molar-refractivity contribution is 8.18. The first kappa shape index (κ1) is 20.1. The van der Waals surface area contributed by atoms with E-state index in [4.69, 9.17) is 0 Å². The van der Waals surface area contributed by atoms with Gasteiger partial charge in [-0.15, -0.1) is 0 Å². The lowest BCUT2D eigenvalue weighted by Gasteiger charge is -2.57. The van der Waals surface area contributed by atoms with E-state index in [0.717, 1.165) is 57.3 Å². The fourth-order valence-corrected chi connectivity index (χ4v) is 7.92. The highest BCUT2D eigenvalue weighted by Crippen LogP contribution is 2.62. The van der Waals surface area contributed by atoms with Crippen LogP contribution in [0.5, 0.6) is 5.75 Å². The van der Waals surface area contributed by atoms with Gasteiger partial charge in [0.1, 0.15) is 5.75 Å². The van der Waals surface area contributed by atoms with E-state index in [2.05, 4.69) is 30.4 Å². The van der Waals surface area contributed by atoms with Gasteiger partial charge in [0.25, 0.3) is 11.1 Å². The Bertz CT molecular complexity index is 1150. The van der Waals surface area contributed by atoms with Crippen molar-refractivity contribution in [3.05, 3.63) is 58.0 Å². The van der Waals surface area contributed by atoms with E-state index >= 15 is 0 Å². The molecular weight excluding hydrogens is 418 g/mol. The molecule has 1 heterocycles. The van der Waals surface area contributed by atoms with Crippen molar-refractivity contribution < 1.29 is 14.7 Å². The highest BCUT2D eigenvalue weighted by atomic mass is 32.2. The first-order chi connectivity index (χ1) is 15.4. The molecule has 7 rings (SSSR count). The summed E-state index contributed by atoms with van der Waals surface area (Å²) in [6.07, 6.45) is 9.59. The minimum Gasteiger partial charge on any atom is -0.508 e. The van der Waals surface area contributed by atoms with Crippen molar-refractivity contribution in [2.75, 3.05) is 0 Å². The van der Waals surface area contributed by atoms with Crippen LogP contribution in [0.3, 0.4) is 0 Å². The van der Waals surface area contributed by atoms with Gasteiger partial charge in [0.15, 0.2) is 0 Å². The van der Waals surface area contributed by atoms with Crippen LogP contribution in [0.25, 0.3) is 17.2 Å². The van der Waals surface area contributed by atoms with Crippen molar-refractivity contribution >= 4 is 29.0 Å². The van der Waals surface area contributed by atoms with Crippen LogP contribution in [-0.2, 0) is 10.2 Å². The van der Waals surface area contributed by atoms with Gasteiger partial charge in [0, 0.05) is 5.56 Å². The average Bonchev–Trinajstić information content (AvgIpc) is 3.04. The summed E-state index contributed by atoms with van der Waals surface area (Å²) < 4.78 is 0. The first-order valence-corrected chi connectivity index (χ1v) is 12.4. The maximum Gasteiger partial charge on any atom is 0.290 e. The maximum atomic E-state index is 11.8. The number of carbonyl (C=O) groups is 2. The van der Waals surface area contributed by atoms with E-state index in [1.807, 2.05) is 18.2 Å². The smallest absolute Gasteiger partial charge is 0.290 e. The van der Waals surface area contributed by atoms with Gasteiger partial charge in [-0.3, -0.25) is 14.9 Å². The van der Waals surface area contributed by atoms with Crippen LogP contribution in [0.4, 0.5) is 4.79 Å². The summed E-state index contributed by atoms with van der Waals surface area (Å²) in [4.78, 5) is 23.7. The van der Waals surface area contributed by atoms with Crippen LogP contribution in [-0.4, -0.2) is 16.3 Å². The van der Waals surface area contributed by atoms with Gasteiger partial charge in [-0.25, -0.2) is 0 Å². The summed E-state index contributed by atoms with van der Waals surface area (Å²) in [6, 6.07) is 12.3. The Morgan fingerprint density at radius 3 is 2.28 bits per heavy atom. The molecule has 0 spiro atoms. The molecule has 5 fully saturated rings. The third kappa shape index (κ3) is 3.29. The molecular formula is C27H27NO3S. The summed E-state index contributed by atoms with van der Waals surface area (Å²) in [7, 11) is 0. The number of nitrogens with one attached hydrogen (secondary N) is 1. The molecule has 1 aliphatic heterocycles. The van der Waals surface area contributed by atoms with Crippen LogP contribution < -0.4 is 5.32 Å². The lowest BCUT2D eigenvalue weighted by molar-refractivity contribution is -0.115. The maximum absolute atomic E-state index is 11.8. The third-order valence-electron chi connectivity index (χ3n) is 8.11. The Labute approximate surface area is 192 Å². The van der Waals surface area contributed by atoms with Gasteiger partial charge in [-0.05, 0) is 121 Å². The average molecular weight is 446 g/mol. The molecule has 2 amide bonds. The summed E-state index contributed by atoms with van der Waals surface area (Å²) in [5.74, 6) is 2.60. The highest BCUT2D eigenvalue weighted by Gasteiger charge is 2.52. The molecule has 0 aromatic heterocycles. The number of benzene rings is 2. The van der Waals surface area contributed by atoms with Gasteiger partial charge in [-0.1, -0.05) is 24.3 Å². The predicted molar refractivity (Wildman–Crippen MR) is 127 cm³/mol. The van der Waals surface area contributed by atoms with Crippen molar-refractivity contribution in [1.29, 1.82) is 0 Å². The van der Waals surface area contributed by atoms with Gasteiger partial charge in [0.05, 0.1) is 4.91 Å². The molecule has 2 N–H and O–H groups in total. The number of aromatic hydroxyl groups is 1. The number of hydrogen-bond acceptors (Lipinski definition) is 4. The third-order valence-corrected chi connectivity index (χ3v) is 8.92. The quantitative estimate of drug-likeness (QED) is 0.555. The second-order valence-electron chi connectivity index (χ2n) is 10.4. The largest absolute Gasteiger partial charge is 0.508 e. The summed E-state index contributed by atoms with van der Waals surface area (Å²) in [6.45, 7) is 2.07. The van der Waals surface area contributed by atoms with E-state index in [9.17, 15) is 14.7 Å². The number of hydrogen-bond donors (Lipinski definition) is 2. The minimum atomic E-state index is -0.333. The zero-order valence-electron chi connectivity index (χ0n) is 18.2. The zero-order valence-corrected chi connectivity index (χ0v) is 19.0. The molecule has 5 heteroatoms. The van der Waals surface area contributed by atoms with E-state index in [-0.39, 0.29) is 16.6 Å². The summed E-state index contributed by atoms with van der Waals surface area (Å²) >= 11 is 0.939. The minimum absolute atomic E-state index is 0.146. The molecule has 0 atom stereocenters. The molecule has 4 aliphatic carbocycles. The molecule has 2 aromatic rings. The van der Waals surface area contributed by atoms with Gasteiger partial charge >= 0.3 is 0 Å². The molecule has 32 heavy (non-hydrogen) atoms. The zero-order chi connectivity index (χ0) is 22.0. The Morgan fingerprint density at radius 2 is 1.69 bits per heavy atom.